The fourth-order valence-corrected chi connectivity index (χ4v) is 4.29. The molecule has 2 fully saturated rings. The van der Waals surface area contributed by atoms with Gasteiger partial charge in [0.15, 0.2) is 0 Å². The lowest BCUT2D eigenvalue weighted by atomic mass is 9.77. The zero-order valence-electron chi connectivity index (χ0n) is 11.5. The molecular weight excluding hydrogens is 254 g/mol. The van der Waals surface area contributed by atoms with Gasteiger partial charge in [-0.05, 0) is 30.9 Å². The monoisotopic (exact) mass is 273 g/mol. The molecule has 4 heteroatoms. The number of fused-ring (bicyclic) bond motifs is 5. The second-order valence-corrected chi connectivity index (χ2v) is 6.16. The summed E-state index contributed by atoms with van der Waals surface area (Å²) in [5, 5.41) is 10.4. The van der Waals surface area contributed by atoms with Crippen LogP contribution in [0.4, 0.5) is 0 Å². The number of cyclic esters (lactones) is 1. The average Bonchev–Trinajstić information content (AvgIpc) is 2.75. The third-order valence-electron chi connectivity index (χ3n) is 5.14. The van der Waals surface area contributed by atoms with E-state index in [1.165, 1.54) is 11.1 Å². The number of esters is 1. The predicted octanol–water partition coefficient (Wildman–Crippen LogP) is 1.28. The summed E-state index contributed by atoms with van der Waals surface area (Å²) in [6.07, 6.45) is 0.910. The van der Waals surface area contributed by atoms with Crippen molar-refractivity contribution in [2.45, 2.75) is 44.1 Å². The molecule has 0 radical (unpaired) electrons. The SMILES string of the molecule is C[C@H]1OC(=O)[C@H]2[C@@H]1N1CCc3ccccc3[C@@H]1C[C@@H]2O. The smallest absolute Gasteiger partial charge is 0.313 e. The number of hydrogen-bond donors (Lipinski definition) is 1. The van der Waals surface area contributed by atoms with Gasteiger partial charge >= 0.3 is 5.97 Å². The van der Waals surface area contributed by atoms with Gasteiger partial charge < -0.3 is 9.84 Å². The van der Waals surface area contributed by atoms with Crippen LogP contribution in [-0.4, -0.2) is 40.8 Å². The van der Waals surface area contributed by atoms with Gasteiger partial charge in [0.2, 0.25) is 0 Å². The van der Waals surface area contributed by atoms with Gasteiger partial charge in [0, 0.05) is 12.6 Å². The lowest BCUT2D eigenvalue weighted by molar-refractivity contribution is -0.147. The summed E-state index contributed by atoms with van der Waals surface area (Å²) < 4.78 is 5.37. The quantitative estimate of drug-likeness (QED) is 0.724. The van der Waals surface area contributed by atoms with Crippen LogP contribution in [0.2, 0.25) is 0 Å². The molecular formula is C16H19NO3. The predicted molar refractivity (Wildman–Crippen MR) is 73.0 cm³/mol. The summed E-state index contributed by atoms with van der Waals surface area (Å²) in [4.78, 5) is 14.3. The molecule has 0 unspecified atom stereocenters. The number of nitrogens with zero attached hydrogens (tertiary/aromatic N) is 1. The van der Waals surface area contributed by atoms with E-state index in [0.29, 0.717) is 6.42 Å². The third-order valence-corrected chi connectivity index (χ3v) is 5.14. The molecule has 20 heavy (non-hydrogen) atoms. The third kappa shape index (κ3) is 1.58. The summed E-state index contributed by atoms with van der Waals surface area (Å²) in [6, 6.07) is 8.69. The van der Waals surface area contributed by atoms with E-state index in [-0.39, 0.29) is 30.1 Å². The molecule has 0 bridgehead atoms. The Bertz CT molecular complexity index is 558. The molecule has 2 saturated heterocycles. The molecule has 106 valence electrons. The van der Waals surface area contributed by atoms with Gasteiger partial charge in [-0.3, -0.25) is 9.69 Å². The maximum Gasteiger partial charge on any atom is 0.313 e. The van der Waals surface area contributed by atoms with Crippen molar-refractivity contribution >= 4 is 5.97 Å². The molecule has 4 nitrogen and oxygen atoms in total. The highest BCUT2D eigenvalue weighted by molar-refractivity contribution is 5.77. The molecule has 3 aliphatic heterocycles. The molecule has 1 aromatic carbocycles. The van der Waals surface area contributed by atoms with Gasteiger partial charge in [-0.1, -0.05) is 24.3 Å². The van der Waals surface area contributed by atoms with E-state index >= 15 is 0 Å². The number of aliphatic hydroxyl groups excluding tert-OH is 1. The number of piperidine rings is 1. The Labute approximate surface area is 118 Å². The van der Waals surface area contributed by atoms with Crippen molar-refractivity contribution in [2.75, 3.05) is 6.54 Å². The normalized spacial score (nSPS) is 39.7. The topological polar surface area (TPSA) is 49.8 Å². The average molecular weight is 273 g/mol. The minimum atomic E-state index is -0.593. The molecule has 0 saturated carbocycles. The second kappa shape index (κ2) is 4.30. The first-order valence-electron chi connectivity index (χ1n) is 7.39. The van der Waals surface area contributed by atoms with Crippen LogP contribution in [0.25, 0.3) is 0 Å². The Morgan fingerprint density at radius 3 is 3.00 bits per heavy atom. The van der Waals surface area contributed by atoms with Crippen molar-refractivity contribution in [3.8, 4) is 0 Å². The number of carbonyl (C=O) groups is 1. The minimum Gasteiger partial charge on any atom is -0.461 e. The first-order valence-corrected chi connectivity index (χ1v) is 7.39. The van der Waals surface area contributed by atoms with Crippen molar-refractivity contribution in [1.82, 2.24) is 4.90 Å². The molecule has 0 aliphatic carbocycles. The number of hydrogen-bond acceptors (Lipinski definition) is 4. The van der Waals surface area contributed by atoms with Gasteiger partial charge in [0.1, 0.15) is 12.0 Å². The Morgan fingerprint density at radius 2 is 2.15 bits per heavy atom. The van der Waals surface area contributed by atoms with Crippen LogP contribution in [0.5, 0.6) is 0 Å². The maximum absolute atomic E-state index is 11.9. The van der Waals surface area contributed by atoms with E-state index < -0.39 is 6.10 Å². The summed E-state index contributed by atoms with van der Waals surface area (Å²) >= 11 is 0. The largest absolute Gasteiger partial charge is 0.461 e. The molecule has 4 rings (SSSR count). The van der Waals surface area contributed by atoms with Crippen LogP contribution < -0.4 is 0 Å². The van der Waals surface area contributed by atoms with Gasteiger partial charge in [0.25, 0.3) is 0 Å². The molecule has 0 amide bonds. The van der Waals surface area contributed by atoms with Crippen LogP contribution >= 0.6 is 0 Å². The van der Waals surface area contributed by atoms with Crippen LogP contribution in [0.15, 0.2) is 24.3 Å². The van der Waals surface area contributed by atoms with Crippen molar-refractivity contribution in [1.29, 1.82) is 0 Å². The molecule has 1 aromatic rings. The Balaban J connectivity index is 1.76. The number of aliphatic hydroxyl groups is 1. The molecule has 0 aromatic heterocycles. The van der Waals surface area contributed by atoms with Gasteiger partial charge in [-0.2, -0.15) is 0 Å². The Morgan fingerprint density at radius 1 is 1.35 bits per heavy atom. The second-order valence-electron chi connectivity index (χ2n) is 6.16. The van der Waals surface area contributed by atoms with Crippen molar-refractivity contribution in [3.63, 3.8) is 0 Å². The fourth-order valence-electron chi connectivity index (χ4n) is 4.29. The van der Waals surface area contributed by atoms with E-state index in [1.807, 2.05) is 6.92 Å². The molecule has 3 heterocycles. The fraction of sp³-hybridized carbons (Fsp3) is 0.562. The molecule has 0 spiro atoms. The van der Waals surface area contributed by atoms with Crippen LogP contribution in [0.1, 0.15) is 30.5 Å². The summed E-state index contributed by atoms with van der Waals surface area (Å²) in [5.74, 6) is -0.598. The molecule has 5 atom stereocenters. The highest BCUT2D eigenvalue weighted by atomic mass is 16.6. The van der Waals surface area contributed by atoms with Crippen molar-refractivity contribution in [2.24, 2.45) is 5.92 Å². The van der Waals surface area contributed by atoms with E-state index in [2.05, 4.69) is 29.2 Å². The van der Waals surface area contributed by atoms with E-state index in [4.69, 9.17) is 4.74 Å². The van der Waals surface area contributed by atoms with E-state index in [1.54, 1.807) is 0 Å². The number of ether oxygens (including phenoxy) is 1. The van der Waals surface area contributed by atoms with Crippen LogP contribution in [-0.2, 0) is 16.0 Å². The summed E-state index contributed by atoms with van der Waals surface area (Å²) in [7, 11) is 0. The Kier molecular flexibility index (Phi) is 2.66. The zero-order valence-corrected chi connectivity index (χ0v) is 11.5. The lowest BCUT2D eigenvalue weighted by Crippen LogP contribution is -2.56. The molecule has 3 aliphatic rings. The Hall–Kier alpha value is -1.39. The van der Waals surface area contributed by atoms with Crippen LogP contribution in [0, 0.1) is 5.92 Å². The minimum absolute atomic E-state index is 0.0182. The summed E-state index contributed by atoms with van der Waals surface area (Å²) in [6.45, 7) is 2.88. The van der Waals surface area contributed by atoms with Crippen molar-refractivity contribution in [3.05, 3.63) is 35.4 Å². The number of carbonyl (C=O) groups excluding carboxylic acids is 1. The van der Waals surface area contributed by atoms with Crippen LogP contribution in [0.3, 0.4) is 0 Å². The van der Waals surface area contributed by atoms with E-state index in [9.17, 15) is 9.90 Å². The first-order chi connectivity index (χ1) is 9.66. The highest BCUT2D eigenvalue weighted by Crippen LogP contribution is 2.45. The number of rotatable bonds is 0. The van der Waals surface area contributed by atoms with Crippen molar-refractivity contribution < 1.29 is 14.6 Å². The first kappa shape index (κ1) is 12.4. The highest BCUT2D eigenvalue weighted by Gasteiger charge is 2.55. The van der Waals surface area contributed by atoms with Gasteiger partial charge in [-0.25, -0.2) is 0 Å². The van der Waals surface area contributed by atoms with E-state index in [0.717, 1.165) is 13.0 Å². The summed E-state index contributed by atoms with van der Waals surface area (Å²) in [5.41, 5.74) is 2.68. The zero-order chi connectivity index (χ0) is 13.9. The van der Waals surface area contributed by atoms with Gasteiger partial charge in [0.05, 0.1) is 12.1 Å². The van der Waals surface area contributed by atoms with Gasteiger partial charge in [-0.15, -0.1) is 0 Å². The molecule has 1 N–H and O–H groups in total. The lowest BCUT2D eigenvalue weighted by Gasteiger charge is -2.48. The standard InChI is InChI=1S/C16H19NO3/c1-9-15-14(16(19)20-9)13(18)8-12-11-5-3-2-4-10(11)6-7-17(12)15/h2-5,9,12-15,18H,6-8H2,1H3/t9-,12+,13+,14-,15-/m1/s1. The maximum atomic E-state index is 11.9. The number of benzene rings is 1.